The Hall–Kier alpha value is -1.95. The van der Waals surface area contributed by atoms with Crippen molar-refractivity contribution in [1.29, 1.82) is 0 Å². The van der Waals surface area contributed by atoms with Crippen LogP contribution in [-0.4, -0.2) is 22.5 Å². The summed E-state index contributed by atoms with van der Waals surface area (Å²) < 4.78 is 4.87. The van der Waals surface area contributed by atoms with Gasteiger partial charge in [0.25, 0.3) is 0 Å². The van der Waals surface area contributed by atoms with Gasteiger partial charge in [-0.25, -0.2) is 9.78 Å². The van der Waals surface area contributed by atoms with Crippen LogP contribution in [0.15, 0.2) is 29.9 Å². The van der Waals surface area contributed by atoms with Crippen molar-refractivity contribution in [3.05, 3.63) is 41.2 Å². The monoisotopic (exact) mass is 263 g/mol. The van der Waals surface area contributed by atoms with Gasteiger partial charge >= 0.3 is 5.97 Å². The zero-order valence-corrected chi connectivity index (χ0v) is 10.7. The van der Waals surface area contributed by atoms with Gasteiger partial charge in [-0.15, -0.1) is 11.3 Å². The summed E-state index contributed by atoms with van der Waals surface area (Å²) >= 11 is 1.38. The molecule has 0 atom stereocenters. The summed E-state index contributed by atoms with van der Waals surface area (Å²) in [6.45, 7) is 2.75. The number of hydrogen-bond donors (Lipinski definition) is 1. The van der Waals surface area contributed by atoms with E-state index in [1.165, 1.54) is 11.3 Å². The number of pyridine rings is 1. The third kappa shape index (κ3) is 3.27. The largest absolute Gasteiger partial charge is 0.461 e. The first-order chi connectivity index (χ1) is 8.79. The van der Waals surface area contributed by atoms with Crippen molar-refractivity contribution in [2.45, 2.75) is 13.5 Å². The van der Waals surface area contributed by atoms with Gasteiger partial charge in [-0.1, -0.05) is 6.07 Å². The Morgan fingerprint density at radius 1 is 1.56 bits per heavy atom. The molecule has 0 aliphatic carbocycles. The van der Waals surface area contributed by atoms with Gasteiger partial charge in [-0.05, 0) is 18.6 Å². The Bertz CT molecular complexity index is 513. The van der Waals surface area contributed by atoms with E-state index in [1.807, 2.05) is 12.1 Å². The number of thiazole rings is 1. The first kappa shape index (κ1) is 12.5. The van der Waals surface area contributed by atoms with Crippen molar-refractivity contribution in [2.24, 2.45) is 0 Å². The lowest BCUT2D eigenvalue weighted by Crippen LogP contribution is -2.05. The molecule has 0 radical (unpaired) electrons. The van der Waals surface area contributed by atoms with E-state index >= 15 is 0 Å². The predicted octanol–water partition coefficient (Wildman–Crippen LogP) is 2.33. The Morgan fingerprint density at radius 2 is 2.44 bits per heavy atom. The molecular weight excluding hydrogens is 250 g/mol. The second kappa shape index (κ2) is 6.11. The van der Waals surface area contributed by atoms with Crippen LogP contribution in [0.4, 0.5) is 5.13 Å². The third-order valence-electron chi connectivity index (χ3n) is 2.16. The number of ether oxygens (including phenoxy) is 1. The van der Waals surface area contributed by atoms with E-state index in [1.54, 1.807) is 24.7 Å². The second-order valence-electron chi connectivity index (χ2n) is 3.47. The molecule has 0 bridgehead atoms. The normalized spacial score (nSPS) is 10.1. The van der Waals surface area contributed by atoms with E-state index in [4.69, 9.17) is 4.74 Å². The minimum atomic E-state index is -0.386. The summed E-state index contributed by atoms with van der Waals surface area (Å²) in [6.07, 6.45) is 3.51. The fourth-order valence-corrected chi connectivity index (χ4v) is 2.01. The van der Waals surface area contributed by atoms with Crippen molar-refractivity contribution >= 4 is 22.4 Å². The van der Waals surface area contributed by atoms with Gasteiger partial charge in [0, 0.05) is 24.3 Å². The molecule has 0 saturated carbocycles. The van der Waals surface area contributed by atoms with E-state index in [0.717, 1.165) is 5.56 Å². The molecule has 2 aromatic heterocycles. The molecular formula is C12H13N3O2S. The molecule has 0 unspecified atom stereocenters. The first-order valence-electron chi connectivity index (χ1n) is 5.55. The van der Waals surface area contributed by atoms with Crippen molar-refractivity contribution in [3.8, 4) is 0 Å². The molecule has 2 aromatic rings. The molecule has 2 rings (SSSR count). The number of hydrogen-bond acceptors (Lipinski definition) is 6. The molecule has 18 heavy (non-hydrogen) atoms. The van der Waals surface area contributed by atoms with E-state index in [-0.39, 0.29) is 5.97 Å². The lowest BCUT2D eigenvalue weighted by Gasteiger charge is -2.01. The van der Waals surface area contributed by atoms with Crippen LogP contribution in [-0.2, 0) is 11.3 Å². The average molecular weight is 263 g/mol. The molecule has 0 fully saturated rings. The van der Waals surface area contributed by atoms with Crippen LogP contribution in [0, 0.1) is 0 Å². The van der Waals surface area contributed by atoms with Crippen LogP contribution in [0.25, 0.3) is 0 Å². The number of anilines is 1. The summed E-state index contributed by atoms with van der Waals surface area (Å²) in [7, 11) is 0. The topological polar surface area (TPSA) is 64.1 Å². The number of nitrogens with one attached hydrogen (secondary N) is 1. The number of aromatic nitrogens is 2. The minimum Gasteiger partial charge on any atom is -0.461 e. The predicted molar refractivity (Wildman–Crippen MR) is 69.6 cm³/mol. The van der Waals surface area contributed by atoms with Gasteiger partial charge in [-0.2, -0.15) is 0 Å². The lowest BCUT2D eigenvalue weighted by molar-refractivity contribution is 0.0520. The van der Waals surface area contributed by atoms with Gasteiger partial charge in [0.05, 0.1) is 6.61 Å². The summed E-state index contributed by atoms with van der Waals surface area (Å²) in [5.74, 6) is -0.386. The highest BCUT2D eigenvalue weighted by Gasteiger charge is 2.11. The zero-order valence-electron chi connectivity index (χ0n) is 9.92. The molecule has 0 aliphatic rings. The van der Waals surface area contributed by atoms with E-state index < -0.39 is 0 Å². The van der Waals surface area contributed by atoms with Crippen molar-refractivity contribution in [1.82, 2.24) is 9.97 Å². The quantitative estimate of drug-likeness (QED) is 0.839. The van der Waals surface area contributed by atoms with Crippen LogP contribution in [0.1, 0.15) is 23.0 Å². The molecule has 0 saturated heterocycles. The molecule has 0 aromatic carbocycles. The lowest BCUT2D eigenvalue weighted by atomic mass is 10.3. The van der Waals surface area contributed by atoms with Crippen molar-refractivity contribution in [2.75, 3.05) is 11.9 Å². The van der Waals surface area contributed by atoms with E-state index in [2.05, 4.69) is 15.3 Å². The molecule has 94 valence electrons. The van der Waals surface area contributed by atoms with Gasteiger partial charge in [0.15, 0.2) is 10.8 Å². The van der Waals surface area contributed by atoms with Crippen molar-refractivity contribution in [3.63, 3.8) is 0 Å². The SMILES string of the molecule is CCOC(=O)c1csc(NCc2cccnc2)n1. The highest BCUT2D eigenvalue weighted by Crippen LogP contribution is 2.16. The molecule has 0 amide bonds. The molecule has 0 aliphatic heterocycles. The minimum absolute atomic E-state index is 0.343. The number of esters is 1. The fraction of sp³-hybridized carbons (Fsp3) is 0.250. The fourth-order valence-electron chi connectivity index (χ4n) is 1.33. The van der Waals surface area contributed by atoms with Crippen LogP contribution in [0.5, 0.6) is 0 Å². The van der Waals surface area contributed by atoms with Crippen LogP contribution in [0.2, 0.25) is 0 Å². The molecule has 6 heteroatoms. The first-order valence-corrected chi connectivity index (χ1v) is 6.43. The highest BCUT2D eigenvalue weighted by atomic mass is 32.1. The summed E-state index contributed by atoms with van der Waals surface area (Å²) in [6, 6.07) is 3.85. The zero-order chi connectivity index (χ0) is 12.8. The number of rotatable bonds is 5. The molecule has 2 heterocycles. The van der Waals surface area contributed by atoms with Gasteiger partial charge < -0.3 is 10.1 Å². The number of carbonyl (C=O) groups excluding carboxylic acids is 1. The van der Waals surface area contributed by atoms with Crippen LogP contribution < -0.4 is 5.32 Å². The average Bonchev–Trinajstić information content (AvgIpc) is 2.87. The maximum atomic E-state index is 11.4. The Kier molecular flexibility index (Phi) is 4.25. The second-order valence-corrected chi connectivity index (χ2v) is 4.33. The van der Waals surface area contributed by atoms with E-state index in [0.29, 0.717) is 24.0 Å². The van der Waals surface area contributed by atoms with Gasteiger partial charge in [0.2, 0.25) is 0 Å². The maximum absolute atomic E-state index is 11.4. The molecule has 0 spiro atoms. The summed E-state index contributed by atoms with van der Waals surface area (Å²) in [4.78, 5) is 19.6. The molecule has 1 N–H and O–H groups in total. The van der Waals surface area contributed by atoms with Crippen LogP contribution in [0.3, 0.4) is 0 Å². The van der Waals surface area contributed by atoms with Crippen molar-refractivity contribution < 1.29 is 9.53 Å². The summed E-state index contributed by atoms with van der Waals surface area (Å²) in [5.41, 5.74) is 1.40. The highest BCUT2D eigenvalue weighted by molar-refractivity contribution is 7.13. The van der Waals surface area contributed by atoms with E-state index in [9.17, 15) is 4.79 Å². The number of nitrogens with zero attached hydrogens (tertiary/aromatic N) is 2. The standard InChI is InChI=1S/C12H13N3O2S/c1-2-17-11(16)10-8-18-12(15-10)14-7-9-4-3-5-13-6-9/h3-6,8H,2,7H2,1H3,(H,14,15). The Labute approximate surface area is 109 Å². The number of carbonyl (C=O) groups is 1. The smallest absolute Gasteiger partial charge is 0.357 e. The Balaban J connectivity index is 1.93. The third-order valence-corrected chi connectivity index (χ3v) is 2.96. The summed E-state index contributed by atoms with van der Waals surface area (Å²) in [5, 5.41) is 5.52. The maximum Gasteiger partial charge on any atom is 0.357 e. The van der Waals surface area contributed by atoms with Gasteiger partial charge in [-0.3, -0.25) is 4.98 Å². The molecule has 5 nitrogen and oxygen atoms in total. The van der Waals surface area contributed by atoms with Gasteiger partial charge in [0.1, 0.15) is 0 Å². The Morgan fingerprint density at radius 3 is 3.17 bits per heavy atom. The van der Waals surface area contributed by atoms with Crippen LogP contribution >= 0.6 is 11.3 Å².